The predicted octanol–water partition coefficient (Wildman–Crippen LogP) is 3.83. The number of carbonyl (C=O) groups excluding carboxylic acids is 1. The molecule has 2 aromatic rings. The van der Waals surface area contributed by atoms with Crippen molar-refractivity contribution in [1.29, 1.82) is 0 Å². The number of hydrogen-bond donors (Lipinski definition) is 0. The Hall–Kier alpha value is -1.78. The first-order chi connectivity index (χ1) is 12.8. The van der Waals surface area contributed by atoms with Crippen molar-refractivity contribution in [2.75, 3.05) is 25.4 Å². The van der Waals surface area contributed by atoms with E-state index < -0.39 is 0 Å². The molecule has 2 heterocycles. The third kappa shape index (κ3) is 4.13. The second kappa shape index (κ2) is 8.28. The molecule has 0 radical (unpaired) electrons. The quantitative estimate of drug-likeness (QED) is 0.752. The molecule has 1 unspecified atom stereocenters. The number of carbonyl (C=O) groups is 1. The first kappa shape index (κ1) is 17.6. The Morgan fingerprint density at radius 3 is 2.62 bits per heavy atom. The standard InChI is InChI=1S/C22H26N2OS/c25-22(12-15-26-21-8-2-1-3-9-21)24-14-11-20(17-24)23-13-10-18-6-4-5-7-19(18)16-23/h1-9,20H,10-17H2. The van der Waals surface area contributed by atoms with E-state index >= 15 is 0 Å². The fraction of sp³-hybridized carbons (Fsp3) is 0.409. The normalized spacial score (nSPS) is 20.2. The molecular weight excluding hydrogens is 340 g/mol. The molecular formula is C22H26N2OS. The Bertz CT molecular complexity index is 749. The average Bonchev–Trinajstić information content (AvgIpc) is 3.19. The van der Waals surface area contributed by atoms with Crippen LogP contribution >= 0.6 is 11.8 Å². The van der Waals surface area contributed by atoms with Crippen molar-refractivity contribution in [2.24, 2.45) is 0 Å². The van der Waals surface area contributed by atoms with E-state index in [1.807, 2.05) is 18.2 Å². The number of likely N-dealkylation sites (tertiary alicyclic amines) is 1. The van der Waals surface area contributed by atoms with E-state index in [1.54, 1.807) is 11.8 Å². The molecule has 136 valence electrons. The zero-order chi connectivity index (χ0) is 17.8. The van der Waals surface area contributed by atoms with E-state index in [1.165, 1.54) is 16.0 Å². The maximum absolute atomic E-state index is 12.6. The zero-order valence-electron chi connectivity index (χ0n) is 15.1. The smallest absolute Gasteiger partial charge is 0.223 e. The zero-order valence-corrected chi connectivity index (χ0v) is 16.0. The van der Waals surface area contributed by atoms with E-state index in [9.17, 15) is 4.79 Å². The second-order valence-electron chi connectivity index (χ2n) is 7.18. The van der Waals surface area contributed by atoms with Gasteiger partial charge in [-0.1, -0.05) is 42.5 Å². The highest BCUT2D eigenvalue weighted by Gasteiger charge is 2.31. The summed E-state index contributed by atoms with van der Waals surface area (Å²) < 4.78 is 0. The molecule has 1 saturated heterocycles. The number of rotatable bonds is 5. The Kier molecular flexibility index (Phi) is 5.61. The van der Waals surface area contributed by atoms with Crippen LogP contribution in [0, 0.1) is 0 Å². The summed E-state index contributed by atoms with van der Waals surface area (Å²) >= 11 is 1.77. The molecule has 0 bridgehead atoms. The van der Waals surface area contributed by atoms with Gasteiger partial charge < -0.3 is 4.90 Å². The van der Waals surface area contributed by atoms with Gasteiger partial charge in [0.05, 0.1) is 0 Å². The van der Waals surface area contributed by atoms with Gasteiger partial charge in [0.25, 0.3) is 0 Å². The fourth-order valence-electron chi connectivity index (χ4n) is 4.03. The maximum atomic E-state index is 12.6. The van der Waals surface area contributed by atoms with Crippen LogP contribution in [0.1, 0.15) is 24.0 Å². The van der Waals surface area contributed by atoms with Crippen molar-refractivity contribution in [1.82, 2.24) is 9.80 Å². The molecule has 0 aromatic heterocycles. The van der Waals surface area contributed by atoms with Gasteiger partial charge in [0.1, 0.15) is 0 Å². The molecule has 0 spiro atoms. The highest BCUT2D eigenvalue weighted by Crippen LogP contribution is 2.25. The van der Waals surface area contributed by atoms with Gasteiger partial charge in [-0.05, 0) is 36.1 Å². The SMILES string of the molecule is O=C(CCSc1ccccc1)N1CCC(N2CCc3ccccc3C2)C1. The summed E-state index contributed by atoms with van der Waals surface area (Å²) in [6.45, 7) is 3.97. The van der Waals surface area contributed by atoms with Crippen molar-refractivity contribution in [3.8, 4) is 0 Å². The molecule has 0 N–H and O–H groups in total. The van der Waals surface area contributed by atoms with E-state index in [4.69, 9.17) is 0 Å². The summed E-state index contributed by atoms with van der Waals surface area (Å²) in [5.74, 6) is 1.18. The predicted molar refractivity (Wildman–Crippen MR) is 107 cm³/mol. The van der Waals surface area contributed by atoms with Crippen LogP contribution in [-0.2, 0) is 17.8 Å². The first-order valence-corrected chi connectivity index (χ1v) is 10.5. The summed E-state index contributed by atoms with van der Waals surface area (Å²) in [7, 11) is 0. The molecule has 1 atom stereocenters. The van der Waals surface area contributed by atoms with Gasteiger partial charge in [0.15, 0.2) is 0 Å². The molecule has 26 heavy (non-hydrogen) atoms. The molecule has 3 nitrogen and oxygen atoms in total. The van der Waals surface area contributed by atoms with Gasteiger partial charge in [-0.3, -0.25) is 9.69 Å². The van der Waals surface area contributed by atoms with Crippen molar-refractivity contribution in [2.45, 2.75) is 36.7 Å². The first-order valence-electron chi connectivity index (χ1n) is 9.56. The summed E-state index contributed by atoms with van der Waals surface area (Å²) in [5.41, 5.74) is 2.95. The van der Waals surface area contributed by atoms with E-state index in [2.05, 4.69) is 46.2 Å². The number of amides is 1. The van der Waals surface area contributed by atoms with Crippen molar-refractivity contribution < 1.29 is 4.79 Å². The second-order valence-corrected chi connectivity index (χ2v) is 8.35. The summed E-state index contributed by atoms with van der Waals surface area (Å²) in [6, 6.07) is 19.6. The Morgan fingerprint density at radius 2 is 1.77 bits per heavy atom. The number of thioether (sulfide) groups is 1. The molecule has 2 aliphatic heterocycles. The molecule has 1 fully saturated rings. The van der Waals surface area contributed by atoms with E-state index in [-0.39, 0.29) is 0 Å². The Morgan fingerprint density at radius 1 is 1.00 bits per heavy atom. The maximum Gasteiger partial charge on any atom is 0.223 e. The van der Waals surface area contributed by atoms with Crippen LogP contribution < -0.4 is 0 Å². The molecule has 2 aromatic carbocycles. The topological polar surface area (TPSA) is 23.6 Å². The molecule has 4 rings (SSSR count). The number of hydrogen-bond acceptors (Lipinski definition) is 3. The third-order valence-corrected chi connectivity index (χ3v) is 6.53. The summed E-state index contributed by atoms with van der Waals surface area (Å²) in [5, 5.41) is 0. The van der Waals surface area contributed by atoms with E-state index in [0.29, 0.717) is 18.4 Å². The van der Waals surface area contributed by atoms with Gasteiger partial charge in [-0.2, -0.15) is 0 Å². The van der Waals surface area contributed by atoms with E-state index in [0.717, 1.165) is 44.8 Å². The average molecular weight is 367 g/mol. The molecule has 2 aliphatic rings. The third-order valence-electron chi connectivity index (χ3n) is 5.52. The Labute approximate surface area is 160 Å². The van der Waals surface area contributed by atoms with Gasteiger partial charge in [0.2, 0.25) is 5.91 Å². The Balaban J connectivity index is 1.25. The van der Waals surface area contributed by atoms with Crippen LogP contribution in [0.3, 0.4) is 0 Å². The number of nitrogens with zero attached hydrogens (tertiary/aromatic N) is 2. The largest absolute Gasteiger partial charge is 0.341 e. The lowest BCUT2D eigenvalue weighted by atomic mass is 9.98. The van der Waals surface area contributed by atoms with Gasteiger partial charge in [0, 0.05) is 49.3 Å². The highest BCUT2D eigenvalue weighted by molar-refractivity contribution is 7.99. The fourth-order valence-corrected chi connectivity index (χ4v) is 4.89. The van der Waals surface area contributed by atoms with Gasteiger partial charge in [-0.25, -0.2) is 0 Å². The van der Waals surface area contributed by atoms with Crippen molar-refractivity contribution >= 4 is 17.7 Å². The van der Waals surface area contributed by atoms with Crippen molar-refractivity contribution in [3.05, 3.63) is 65.7 Å². The summed E-state index contributed by atoms with van der Waals surface area (Å²) in [4.78, 5) is 18.5. The van der Waals surface area contributed by atoms with Gasteiger partial charge in [-0.15, -0.1) is 11.8 Å². The highest BCUT2D eigenvalue weighted by atomic mass is 32.2. The molecule has 4 heteroatoms. The van der Waals surface area contributed by atoms with Crippen LogP contribution in [-0.4, -0.2) is 47.1 Å². The van der Waals surface area contributed by atoms with Crippen LogP contribution in [0.2, 0.25) is 0 Å². The monoisotopic (exact) mass is 366 g/mol. The number of benzene rings is 2. The van der Waals surface area contributed by atoms with Crippen LogP contribution in [0.25, 0.3) is 0 Å². The lowest BCUT2D eigenvalue weighted by Crippen LogP contribution is -2.41. The minimum atomic E-state index is 0.313. The minimum Gasteiger partial charge on any atom is -0.341 e. The van der Waals surface area contributed by atoms with Crippen LogP contribution in [0.5, 0.6) is 0 Å². The van der Waals surface area contributed by atoms with Crippen LogP contribution in [0.4, 0.5) is 0 Å². The number of fused-ring (bicyclic) bond motifs is 1. The minimum absolute atomic E-state index is 0.313. The lowest BCUT2D eigenvalue weighted by molar-refractivity contribution is -0.129. The molecule has 0 aliphatic carbocycles. The summed E-state index contributed by atoms with van der Waals surface area (Å²) in [6.07, 6.45) is 2.88. The van der Waals surface area contributed by atoms with Crippen LogP contribution in [0.15, 0.2) is 59.5 Å². The molecule has 0 saturated carbocycles. The van der Waals surface area contributed by atoms with Crippen molar-refractivity contribution in [3.63, 3.8) is 0 Å². The lowest BCUT2D eigenvalue weighted by Gasteiger charge is -2.33. The molecule has 1 amide bonds. The van der Waals surface area contributed by atoms with Gasteiger partial charge >= 0.3 is 0 Å².